The molecule has 0 heterocycles. The average Bonchev–Trinajstić information content (AvgIpc) is 2.69. The summed E-state index contributed by atoms with van der Waals surface area (Å²) < 4.78 is 18.1. The van der Waals surface area contributed by atoms with E-state index in [0.29, 0.717) is 36.9 Å². The molecule has 1 amide bonds. The zero-order valence-electron chi connectivity index (χ0n) is 16.2. The molecule has 2 aromatic carbocycles. The van der Waals surface area contributed by atoms with E-state index in [9.17, 15) is 9.18 Å². The Morgan fingerprint density at radius 1 is 1.07 bits per heavy atom. The maximum Gasteiger partial charge on any atom is 0.251 e. The maximum absolute atomic E-state index is 13.0. The molecule has 0 radical (unpaired) electrons. The van der Waals surface area contributed by atoms with Crippen molar-refractivity contribution in [1.29, 1.82) is 0 Å². The SMILES string of the molecule is CN=C(NCCNC(=O)c1ccc(OC)cc1)N(C)Cc1ccc(F)cc1.I. The quantitative estimate of drug-likeness (QED) is 0.266. The van der Waals surface area contributed by atoms with Gasteiger partial charge in [-0.25, -0.2) is 4.39 Å². The number of amides is 1. The molecule has 2 aromatic rings. The van der Waals surface area contributed by atoms with Crippen LogP contribution in [0.25, 0.3) is 0 Å². The molecule has 0 spiro atoms. The fourth-order valence-electron chi connectivity index (χ4n) is 2.52. The molecule has 8 heteroatoms. The van der Waals surface area contributed by atoms with Crippen molar-refractivity contribution in [3.8, 4) is 5.75 Å². The molecule has 0 aliphatic rings. The van der Waals surface area contributed by atoms with Crippen LogP contribution in [0.1, 0.15) is 15.9 Å². The Morgan fingerprint density at radius 2 is 1.68 bits per heavy atom. The van der Waals surface area contributed by atoms with E-state index < -0.39 is 0 Å². The lowest BCUT2D eigenvalue weighted by atomic mass is 10.2. The van der Waals surface area contributed by atoms with Gasteiger partial charge in [0.05, 0.1) is 7.11 Å². The topological polar surface area (TPSA) is 66.0 Å². The number of carbonyl (C=O) groups is 1. The van der Waals surface area contributed by atoms with Crippen molar-refractivity contribution in [2.24, 2.45) is 4.99 Å². The highest BCUT2D eigenvalue weighted by Crippen LogP contribution is 2.11. The number of rotatable bonds is 7. The first-order valence-electron chi connectivity index (χ1n) is 8.62. The van der Waals surface area contributed by atoms with Crippen LogP contribution in [0.3, 0.4) is 0 Å². The molecule has 0 aliphatic carbocycles. The highest BCUT2D eigenvalue weighted by atomic mass is 127. The van der Waals surface area contributed by atoms with Gasteiger partial charge in [-0.05, 0) is 42.0 Å². The van der Waals surface area contributed by atoms with Gasteiger partial charge in [0.2, 0.25) is 0 Å². The number of nitrogens with zero attached hydrogens (tertiary/aromatic N) is 2. The van der Waals surface area contributed by atoms with Crippen LogP contribution in [0.4, 0.5) is 4.39 Å². The first-order valence-corrected chi connectivity index (χ1v) is 8.62. The fraction of sp³-hybridized carbons (Fsp3) is 0.300. The number of ether oxygens (including phenoxy) is 1. The number of methoxy groups -OCH3 is 1. The Balaban J connectivity index is 0.00000392. The summed E-state index contributed by atoms with van der Waals surface area (Å²) in [6.45, 7) is 1.58. The van der Waals surface area contributed by atoms with Gasteiger partial charge in [0.15, 0.2) is 5.96 Å². The van der Waals surface area contributed by atoms with Crippen LogP contribution >= 0.6 is 24.0 Å². The van der Waals surface area contributed by atoms with Crippen molar-refractivity contribution in [2.45, 2.75) is 6.54 Å². The molecule has 0 aliphatic heterocycles. The van der Waals surface area contributed by atoms with E-state index in [4.69, 9.17) is 4.74 Å². The second-order valence-corrected chi connectivity index (χ2v) is 5.94. The second kappa shape index (κ2) is 12.2. The maximum atomic E-state index is 13.0. The van der Waals surface area contributed by atoms with Crippen LogP contribution in [0, 0.1) is 5.82 Å². The normalized spacial score (nSPS) is 10.6. The van der Waals surface area contributed by atoms with E-state index >= 15 is 0 Å². The number of halogens is 2. The number of guanidine groups is 1. The number of carbonyl (C=O) groups excluding carboxylic acids is 1. The Kier molecular flexibility index (Phi) is 10.3. The summed E-state index contributed by atoms with van der Waals surface area (Å²) in [5.41, 5.74) is 1.56. The molecule has 152 valence electrons. The highest BCUT2D eigenvalue weighted by Gasteiger charge is 2.08. The van der Waals surface area contributed by atoms with Crippen molar-refractivity contribution in [3.05, 3.63) is 65.5 Å². The monoisotopic (exact) mass is 500 g/mol. The number of benzene rings is 2. The summed E-state index contributed by atoms with van der Waals surface area (Å²) in [5.74, 6) is 1.00. The molecule has 0 atom stereocenters. The third-order valence-electron chi connectivity index (χ3n) is 3.95. The van der Waals surface area contributed by atoms with E-state index in [1.807, 2.05) is 11.9 Å². The molecule has 0 bridgehead atoms. The van der Waals surface area contributed by atoms with Crippen molar-refractivity contribution in [1.82, 2.24) is 15.5 Å². The Bertz CT molecular complexity index is 767. The number of nitrogens with one attached hydrogen (secondary N) is 2. The van der Waals surface area contributed by atoms with Crippen molar-refractivity contribution >= 4 is 35.8 Å². The minimum absolute atomic E-state index is 0. The Hall–Kier alpha value is -2.36. The van der Waals surface area contributed by atoms with Crippen LogP contribution in [-0.4, -0.2) is 51.1 Å². The summed E-state index contributed by atoms with van der Waals surface area (Å²) >= 11 is 0. The van der Waals surface area contributed by atoms with Gasteiger partial charge >= 0.3 is 0 Å². The standard InChI is InChI=1S/C20H25FN4O2.HI/c1-22-20(25(2)14-15-4-8-17(21)9-5-15)24-13-12-23-19(26)16-6-10-18(27-3)11-7-16;/h4-11H,12-14H2,1-3H3,(H,22,24)(H,23,26);1H. The zero-order chi connectivity index (χ0) is 19.6. The van der Waals surface area contributed by atoms with Crippen molar-refractivity contribution < 1.29 is 13.9 Å². The summed E-state index contributed by atoms with van der Waals surface area (Å²) in [7, 11) is 5.18. The first-order chi connectivity index (χ1) is 13.0. The van der Waals surface area contributed by atoms with Gasteiger partial charge in [-0.15, -0.1) is 24.0 Å². The number of hydrogen-bond donors (Lipinski definition) is 2. The molecule has 28 heavy (non-hydrogen) atoms. The average molecular weight is 500 g/mol. The van der Waals surface area contributed by atoms with Gasteiger partial charge in [0.25, 0.3) is 5.91 Å². The summed E-state index contributed by atoms with van der Waals surface area (Å²) in [6.07, 6.45) is 0. The Morgan fingerprint density at radius 3 is 2.25 bits per heavy atom. The molecule has 2 N–H and O–H groups in total. The third-order valence-corrected chi connectivity index (χ3v) is 3.95. The largest absolute Gasteiger partial charge is 0.497 e. The molecule has 0 fully saturated rings. The predicted molar refractivity (Wildman–Crippen MR) is 120 cm³/mol. The number of hydrogen-bond acceptors (Lipinski definition) is 3. The van der Waals surface area contributed by atoms with Crippen LogP contribution in [0.2, 0.25) is 0 Å². The van der Waals surface area contributed by atoms with E-state index in [2.05, 4.69) is 15.6 Å². The molecule has 6 nitrogen and oxygen atoms in total. The second-order valence-electron chi connectivity index (χ2n) is 5.94. The summed E-state index contributed by atoms with van der Waals surface area (Å²) in [6, 6.07) is 13.3. The molecule has 0 saturated carbocycles. The lowest BCUT2D eigenvalue weighted by Crippen LogP contribution is -2.42. The molecule has 0 aromatic heterocycles. The summed E-state index contributed by atoms with van der Waals surface area (Å²) in [5, 5.41) is 6.05. The smallest absolute Gasteiger partial charge is 0.251 e. The van der Waals surface area contributed by atoms with Crippen molar-refractivity contribution in [2.75, 3.05) is 34.3 Å². The molecule has 2 rings (SSSR count). The Labute approximate surface area is 182 Å². The highest BCUT2D eigenvalue weighted by molar-refractivity contribution is 14.0. The molecular formula is C20H26FIN4O2. The van der Waals surface area contributed by atoms with Gasteiger partial charge in [0.1, 0.15) is 11.6 Å². The van der Waals surface area contributed by atoms with Gasteiger partial charge in [-0.1, -0.05) is 12.1 Å². The van der Waals surface area contributed by atoms with Gasteiger partial charge in [-0.2, -0.15) is 0 Å². The minimum Gasteiger partial charge on any atom is -0.497 e. The van der Waals surface area contributed by atoms with Crippen molar-refractivity contribution in [3.63, 3.8) is 0 Å². The van der Waals surface area contributed by atoms with Gasteiger partial charge < -0.3 is 20.3 Å². The molecule has 0 unspecified atom stereocenters. The zero-order valence-corrected chi connectivity index (χ0v) is 18.6. The van der Waals surface area contributed by atoms with E-state index in [-0.39, 0.29) is 35.7 Å². The fourth-order valence-corrected chi connectivity index (χ4v) is 2.52. The van der Waals surface area contributed by atoms with E-state index in [1.165, 1.54) is 12.1 Å². The third kappa shape index (κ3) is 7.34. The minimum atomic E-state index is -0.253. The van der Waals surface area contributed by atoms with E-state index in [0.717, 1.165) is 5.56 Å². The van der Waals surface area contributed by atoms with Crippen LogP contribution in [0.5, 0.6) is 5.75 Å². The number of aliphatic imine (C=N–C) groups is 1. The van der Waals surface area contributed by atoms with Gasteiger partial charge in [-0.3, -0.25) is 9.79 Å². The van der Waals surface area contributed by atoms with E-state index in [1.54, 1.807) is 50.6 Å². The van der Waals surface area contributed by atoms with Gasteiger partial charge in [0, 0.05) is 39.3 Å². The van der Waals surface area contributed by atoms with Crippen LogP contribution in [-0.2, 0) is 6.54 Å². The molecular weight excluding hydrogens is 474 g/mol. The lowest BCUT2D eigenvalue weighted by molar-refractivity contribution is 0.0954. The van der Waals surface area contributed by atoms with Crippen LogP contribution < -0.4 is 15.4 Å². The van der Waals surface area contributed by atoms with Crippen LogP contribution in [0.15, 0.2) is 53.5 Å². The molecule has 0 saturated heterocycles. The summed E-state index contributed by atoms with van der Waals surface area (Å²) in [4.78, 5) is 18.3. The lowest BCUT2D eigenvalue weighted by Gasteiger charge is -2.22. The first kappa shape index (κ1) is 23.7. The predicted octanol–water partition coefficient (Wildman–Crippen LogP) is 2.89.